The van der Waals surface area contributed by atoms with Gasteiger partial charge in [0, 0.05) is 17.6 Å². The zero-order valence-corrected chi connectivity index (χ0v) is 13.1. The van der Waals surface area contributed by atoms with Crippen LogP contribution in [0.4, 0.5) is 10.5 Å². The summed E-state index contributed by atoms with van der Waals surface area (Å²) in [4.78, 5) is 11.7. The fraction of sp³-hybridized carbons (Fsp3) is 0.533. The summed E-state index contributed by atoms with van der Waals surface area (Å²) in [5.74, 6) is 0. The summed E-state index contributed by atoms with van der Waals surface area (Å²) in [6.07, 6.45) is 6.25. The number of anilines is 1. The van der Waals surface area contributed by atoms with Gasteiger partial charge in [0.2, 0.25) is 0 Å². The SMILES string of the molecule is O=C(NCCCOC1CCCC1)Nc1ccccc1Br. The summed E-state index contributed by atoms with van der Waals surface area (Å²) in [6.45, 7) is 1.35. The lowest BCUT2D eigenvalue weighted by Crippen LogP contribution is -2.30. The molecule has 0 aromatic heterocycles. The summed E-state index contributed by atoms with van der Waals surface area (Å²) in [7, 11) is 0. The molecule has 0 bridgehead atoms. The first-order valence-corrected chi connectivity index (χ1v) is 7.96. The van der Waals surface area contributed by atoms with Crippen LogP contribution in [-0.4, -0.2) is 25.3 Å². The molecule has 5 heteroatoms. The van der Waals surface area contributed by atoms with E-state index in [1.54, 1.807) is 0 Å². The number of carbonyl (C=O) groups is 1. The maximum absolute atomic E-state index is 11.7. The van der Waals surface area contributed by atoms with Gasteiger partial charge in [0.05, 0.1) is 11.8 Å². The van der Waals surface area contributed by atoms with E-state index in [1.165, 1.54) is 25.7 Å². The first-order valence-electron chi connectivity index (χ1n) is 7.16. The van der Waals surface area contributed by atoms with Crippen LogP contribution < -0.4 is 10.6 Å². The standard InChI is InChI=1S/C15H21BrN2O2/c16-13-8-3-4-9-14(13)18-15(19)17-10-5-11-20-12-6-1-2-7-12/h3-4,8-9,12H,1-2,5-7,10-11H2,(H2,17,18,19). The number of ether oxygens (including phenoxy) is 1. The van der Waals surface area contributed by atoms with E-state index in [9.17, 15) is 4.79 Å². The van der Waals surface area contributed by atoms with E-state index in [4.69, 9.17) is 4.74 Å². The molecule has 1 aromatic rings. The number of amides is 2. The van der Waals surface area contributed by atoms with Crippen LogP contribution in [0.15, 0.2) is 28.7 Å². The highest BCUT2D eigenvalue weighted by Crippen LogP contribution is 2.21. The second-order valence-corrected chi connectivity index (χ2v) is 5.85. The summed E-state index contributed by atoms with van der Waals surface area (Å²) in [6, 6.07) is 7.36. The Morgan fingerprint density at radius 3 is 2.80 bits per heavy atom. The second kappa shape index (κ2) is 8.27. The molecule has 1 saturated carbocycles. The molecule has 1 aromatic carbocycles. The molecule has 0 unspecified atom stereocenters. The zero-order chi connectivity index (χ0) is 14.2. The van der Waals surface area contributed by atoms with Crippen LogP contribution in [0.5, 0.6) is 0 Å². The average molecular weight is 341 g/mol. The monoisotopic (exact) mass is 340 g/mol. The van der Waals surface area contributed by atoms with Crippen LogP contribution in [0, 0.1) is 0 Å². The van der Waals surface area contributed by atoms with Gasteiger partial charge in [-0.25, -0.2) is 4.79 Å². The van der Waals surface area contributed by atoms with Gasteiger partial charge < -0.3 is 15.4 Å². The lowest BCUT2D eigenvalue weighted by Gasteiger charge is -2.12. The van der Waals surface area contributed by atoms with E-state index in [-0.39, 0.29) is 6.03 Å². The van der Waals surface area contributed by atoms with Gasteiger partial charge in [0.15, 0.2) is 0 Å². The number of carbonyl (C=O) groups excluding carboxylic acids is 1. The minimum absolute atomic E-state index is 0.183. The van der Waals surface area contributed by atoms with Gasteiger partial charge in [-0.2, -0.15) is 0 Å². The van der Waals surface area contributed by atoms with Crippen molar-refractivity contribution in [3.8, 4) is 0 Å². The molecule has 2 rings (SSSR count). The first kappa shape index (κ1) is 15.3. The fourth-order valence-corrected chi connectivity index (χ4v) is 2.69. The molecule has 2 amide bonds. The Kier molecular flexibility index (Phi) is 6.33. The molecule has 1 aliphatic rings. The molecule has 2 N–H and O–H groups in total. The molecular formula is C15H21BrN2O2. The van der Waals surface area contributed by atoms with Gasteiger partial charge in [-0.05, 0) is 47.3 Å². The number of benzene rings is 1. The Morgan fingerprint density at radius 1 is 1.30 bits per heavy atom. The van der Waals surface area contributed by atoms with Crippen LogP contribution in [-0.2, 0) is 4.74 Å². The Morgan fingerprint density at radius 2 is 2.05 bits per heavy atom. The molecule has 0 saturated heterocycles. The molecule has 0 spiro atoms. The average Bonchev–Trinajstić information content (AvgIpc) is 2.94. The van der Waals surface area contributed by atoms with E-state index in [2.05, 4.69) is 26.6 Å². The van der Waals surface area contributed by atoms with Gasteiger partial charge in [-0.3, -0.25) is 0 Å². The largest absolute Gasteiger partial charge is 0.378 e. The molecule has 4 nitrogen and oxygen atoms in total. The lowest BCUT2D eigenvalue weighted by atomic mass is 10.3. The van der Waals surface area contributed by atoms with Crippen LogP contribution >= 0.6 is 15.9 Å². The Labute approximate surface area is 128 Å². The number of halogens is 1. The number of nitrogens with one attached hydrogen (secondary N) is 2. The van der Waals surface area contributed by atoms with Gasteiger partial charge >= 0.3 is 6.03 Å². The third kappa shape index (κ3) is 5.13. The molecular weight excluding hydrogens is 320 g/mol. The molecule has 1 fully saturated rings. The van der Waals surface area contributed by atoms with Crippen molar-refractivity contribution in [3.05, 3.63) is 28.7 Å². The normalized spacial score (nSPS) is 15.2. The van der Waals surface area contributed by atoms with Crippen molar-refractivity contribution in [2.75, 3.05) is 18.5 Å². The van der Waals surface area contributed by atoms with E-state index in [0.29, 0.717) is 12.6 Å². The molecule has 1 aliphatic carbocycles. The van der Waals surface area contributed by atoms with Crippen LogP contribution in [0.25, 0.3) is 0 Å². The van der Waals surface area contributed by atoms with Crippen molar-refractivity contribution in [1.29, 1.82) is 0 Å². The van der Waals surface area contributed by atoms with E-state index >= 15 is 0 Å². The number of urea groups is 1. The minimum atomic E-state index is -0.183. The quantitative estimate of drug-likeness (QED) is 0.771. The highest BCUT2D eigenvalue weighted by Gasteiger charge is 2.14. The highest BCUT2D eigenvalue weighted by molar-refractivity contribution is 9.10. The molecule has 0 aliphatic heterocycles. The number of hydrogen-bond donors (Lipinski definition) is 2. The van der Waals surface area contributed by atoms with Crippen LogP contribution in [0.2, 0.25) is 0 Å². The number of para-hydroxylation sites is 1. The van der Waals surface area contributed by atoms with Gasteiger partial charge in [0.1, 0.15) is 0 Å². The van der Waals surface area contributed by atoms with Crippen molar-refractivity contribution >= 4 is 27.6 Å². The topological polar surface area (TPSA) is 50.4 Å². The maximum Gasteiger partial charge on any atom is 0.319 e. The Bertz CT molecular complexity index is 434. The third-order valence-corrected chi connectivity index (χ3v) is 4.08. The molecule has 110 valence electrons. The molecule has 0 heterocycles. The fourth-order valence-electron chi connectivity index (χ4n) is 2.31. The van der Waals surface area contributed by atoms with Crippen molar-refractivity contribution in [1.82, 2.24) is 5.32 Å². The smallest absolute Gasteiger partial charge is 0.319 e. The Hall–Kier alpha value is -1.07. The van der Waals surface area contributed by atoms with Crippen molar-refractivity contribution in [3.63, 3.8) is 0 Å². The predicted molar refractivity (Wildman–Crippen MR) is 84.0 cm³/mol. The van der Waals surface area contributed by atoms with Crippen molar-refractivity contribution < 1.29 is 9.53 Å². The minimum Gasteiger partial charge on any atom is -0.378 e. The Balaban J connectivity index is 1.57. The summed E-state index contributed by atoms with van der Waals surface area (Å²) >= 11 is 3.39. The molecule has 0 radical (unpaired) electrons. The zero-order valence-electron chi connectivity index (χ0n) is 11.5. The van der Waals surface area contributed by atoms with Gasteiger partial charge in [-0.15, -0.1) is 0 Å². The van der Waals surface area contributed by atoms with E-state index in [1.807, 2.05) is 24.3 Å². The highest BCUT2D eigenvalue weighted by atomic mass is 79.9. The summed E-state index contributed by atoms with van der Waals surface area (Å²) in [5, 5.41) is 5.64. The number of hydrogen-bond acceptors (Lipinski definition) is 2. The van der Waals surface area contributed by atoms with Gasteiger partial charge in [0.25, 0.3) is 0 Å². The second-order valence-electron chi connectivity index (χ2n) is 4.99. The van der Waals surface area contributed by atoms with E-state index in [0.717, 1.165) is 23.2 Å². The van der Waals surface area contributed by atoms with Crippen molar-refractivity contribution in [2.24, 2.45) is 0 Å². The summed E-state index contributed by atoms with van der Waals surface area (Å²) < 4.78 is 6.62. The predicted octanol–water partition coefficient (Wildman–Crippen LogP) is 3.92. The van der Waals surface area contributed by atoms with Gasteiger partial charge in [-0.1, -0.05) is 25.0 Å². The maximum atomic E-state index is 11.7. The molecule has 0 atom stereocenters. The lowest BCUT2D eigenvalue weighted by molar-refractivity contribution is 0.0572. The molecule has 20 heavy (non-hydrogen) atoms. The van der Waals surface area contributed by atoms with Crippen molar-refractivity contribution in [2.45, 2.75) is 38.2 Å². The third-order valence-electron chi connectivity index (χ3n) is 3.38. The van der Waals surface area contributed by atoms with Crippen LogP contribution in [0.3, 0.4) is 0 Å². The first-order chi connectivity index (χ1) is 9.75. The van der Waals surface area contributed by atoms with E-state index < -0.39 is 0 Å². The van der Waals surface area contributed by atoms with Crippen LogP contribution in [0.1, 0.15) is 32.1 Å². The number of rotatable bonds is 6. The summed E-state index contributed by atoms with van der Waals surface area (Å²) in [5.41, 5.74) is 0.771.